The second-order valence-corrected chi connectivity index (χ2v) is 12.3. The van der Waals surface area contributed by atoms with Crippen LogP contribution in [0.5, 0.6) is 0 Å². The molecule has 0 bridgehead atoms. The predicted molar refractivity (Wildman–Crippen MR) is 89.4 cm³/mol. The van der Waals surface area contributed by atoms with Gasteiger partial charge in [0, 0.05) is 6.61 Å². The number of hydrogen-bond acceptors (Lipinski definition) is 2. The van der Waals surface area contributed by atoms with Gasteiger partial charge in [-0.15, -0.1) is 0 Å². The molecule has 0 unspecified atom stereocenters. The van der Waals surface area contributed by atoms with Crippen molar-refractivity contribution in [2.24, 2.45) is 5.92 Å². The van der Waals surface area contributed by atoms with E-state index in [0.717, 1.165) is 32.3 Å². The van der Waals surface area contributed by atoms with Gasteiger partial charge >= 0.3 is 0 Å². The van der Waals surface area contributed by atoms with Crippen LogP contribution in [0.15, 0.2) is 24.8 Å². The topological polar surface area (TPSA) is 29.5 Å². The van der Waals surface area contributed by atoms with Crippen LogP contribution in [0.3, 0.4) is 0 Å². The maximum Gasteiger partial charge on any atom is 0.191 e. The highest BCUT2D eigenvalue weighted by Crippen LogP contribution is 2.37. The first-order chi connectivity index (χ1) is 9.12. The highest BCUT2D eigenvalue weighted by molar-refractivity contribution is 6.74. The molecule has 0 radical (unpaired) electrons. The zero-order chi connectivity index (χ0) is 15.4. The number of hydrogen-bond donors (Lipinski definition) is 1. The lowest BCUT2D eigenvalue weighted by Crippen LogP contribution is -2.41. The molecule has 0 aliphatic heterocycles. The molecule has 0 saturated heterocycles. The minimum absolute atomic E-state index is 0.266. The molecule has 1 rings (SSSR count). The van der Waals surface area contributed by atoms with Crippen LogP contribution in [0.1, 0.15) is 46.5 Å². The van der Waals surface area contributed by atoms with Crippen LogP contribution in [0.25, 0.3) is 0 Å². The van der Waals surface area contributed by atoms with Crippen molar-refractivity contribution in [2.75, 3.05) is 6.61 Å². The summed E-state index contributed by atoms with van der Waals surface area (Å²) < 4.78 is 6.20. The van der Waals surface area contributed by atoms with Gasteiger partial charge in [-0.1, -0.05) is 45.6 Å². The van der Waals surface area contributed by atoms with Crippen LogP contribution in [-0.4, -0.2) is 25.6 Å². The fourth-order valence-electron chi connectivity index (χ4n) is 2.42. The molecular weight excluding hydrogens is 264 g/mol. The third-order valence-corrected chi connectivity index (χ3v) is 9.55. The molecule has 1 N–H and O–H groups in total. The van der Waals surface area contributed by atoms with Crippen molar-refractivity contribution < 1.29 is 9.53 Å². The molecule has 1 aliphatic rings. The van der Waals surface area contributed by atoms with Crippen molar-refractivity contribution in [3.63, 3.8) is 0 Å². The van der Waals surface area contributed by atoms with Gasteiger partial charge in [0.2, 0.25) is 0 Å². The van der Waals surface area contributed by atoms with Gasteiger partial charge in [-0.25, -0.2) is 0 Å². The van der Waals surface area contributed by atoms with Crippen LogP contribution in [-0.2, 0) is 4.43 Å². The molecule has 1 aliphatic carbocycles. The molecule has 0 fully saturated rings. The summed E-state index contributed by atoms with van der Waals surface area (Å²) in [5, 5.41) is 10.8. The molecule has 0 aromatic carbocycles. The smallest absolute Gasteiger partial charge is 0.191 e. The molecular formula is C17H32O2Si. The maximum atomic E-state index is 10.5. The van der Waals surface area contributed by atoms with Gasteiger partial charge in [-0.2, -0.15) is 0 Å². The summed E-state index contributed by atoms with van der Waals surface area (Å²) in [4.78, 5) is 0. The normalized spacial score (nSPS) is 27.6. The first-order valence-electron chi connectivity index (χ1n) is 7.80. The molecule has 3 heteroatoms. The highest BCUT2D eigenvalue weighted by atomic mass is 28.4. The molecule has 0 aromatic heterocycles. The summed E-state index contributed by atoms with van der Waals surface area (Å²) in [6.45, 7) is 16.0. The molecule has 2 nitrogen and oxygen atoms in total. The fraction of sp³-hybridized carbons (Fsp3) is 0.765. The molecule has 116 valence electrons. The van der Waals surface area contributed by atoms with Gasteiger partial charge in [0.15, 0.2) is 8.32 Å². The Morgan fingerprint density at radius 1 is 1.45 bits per heavy atom. The third-order valence-electron chi connectivity index (χ3n) is 5.01. The summed E-state index contributed by atoms with van der Waals surface area (Å²) in [6.07, 6.45) is 9.76. The van der Waals surface area contributed by atoms with Crippen LogP contribution in [0.2, 0.25) is 18.1 Å². The molecule has 0 amide bonds. The standard InChI is InChI=1S/C17H32O2Si/c1-7-17(18)13-9-8-11-15(17)12-10-14-19-20(5,6)16(2,3)4/h7,9,13,15,18H,1,8,10-12,14H2,2-6H3/t15-,17-/m1/s1. The first-order valence-corrected chi connectivity index (χ1v) is 10.7. The van der Waals surface area contributed by atoms with Crippen LogP contribution < -0.4 is 0 Å². The summed E-state index contributed by atoms with van der Waals surface area (Å²) >= 11 is 0. The fourth-order valence-corrected chi connectivity index (χ4v) is 3.51. The average Bonchev–Trinajstić information content (AvgIpc) is 2.35. The van der Waals surface area contributed by atoms with E-state index in [1.807, 2.05) is 6.08 Å². The minimum Gasteiger partial charge on any atom is -0.417 e. The Morgan fingerprint density at radius 3 is 2.65 bits per heavy atom. The Balaban J connectivity index is 2.42. The Hall–Kier alpha value is -0.383. The van der Waals surface area contributed by atoms with Crippen molar-refractivity contribution in [3.8, 4) is 0 Å². The van der Waals surface area contributed by atoms with Crippen molar-refractivity contribution in [2.45, 2.75) is 70.2 Å². The third kappa shape index (κ3) is 4.30. The molecule has 0 saturated carbocycles. The zero-order valence-corrected chi connectivity index (χ0v) is 14.9. The molecule has 0 spiro atoms. The highest BCUT2D eigenvalue weighted by Gasteiger charge is 2.37. The van der Waals surface area contributed by atoms with Gasteiger partial charge in [0.05, 0.1) is 0 Å². The van der Waals surface area contributed by atoms with E-state index in [-0.39, 0.29) is 11.0 Å². The second kappa shape index (κ2) is 6.59. The van der Waals surface area contributed by atoms with Gasteiger partial charge < -0.3 is 9.53 Å². The van der Waals surface area contributed by atoms with Gasteiger partial charge in [0.25, 0.3) is 0 Å². The molecule has 0 heterocycles. The summed E-state index contributed by atoms with van der Waals surface area (Å²) in [5.41, 5.74) is -0.810. The number of aliphatic hydroxyl groups is 1. The summed E-state index contributed by atoms with van der Waals surface area (Å²) in [5.74, 6) is 0.285. The molecule has 0 aromatic rings. The largest absolute Gasteiger partial charge is 0.417 e. The lowest BCUT2D eigenvalue weighted by Gasteiger charge is -2.37. The second-order valence-electron chi connectivity index (χ2n) is 7.52. The van der Waals surface area contributed by atoms with E-state index in [1.165, 1.54) is 0 Å². The van der Waals surface area contributed by atoms with E-state index in [1.54, 1.807) is 6.08 Å². The van der Waals surface area contributed by atoms with E-state index in [0.29, 0.717) is 0 Å². The first kappa shape index (κ1) is 17.7. The Kier molecular flexibility index (Phi) is 5.82. The van der Waals surface area contributed by atoms with Gasteiger partial charge in [0.1, 0.15) is 5.60 Å². The molecule has 20 heavy (non-hydrogen) atoms. The number of allylic oxidation sites excluding steroid dienone is 1. The van der Waals surface area contributed by atoms with E-state index >= 15 is 0 Å². The van der Waals surface area contributed by atoms with Gasteiger partial charge in [-0.3, -0.25) is 0 Å². The van der Waals surface area contributed by atoms with Crippen LogP contribution in [0.4, 0.5) is 0 Å². The number of rotatable bonds is 6. The quantitative estimate of drug-likeness (QED) is 0.438. The SMILES string of the molecule is C=C[C@@]1(O)C=CCC[C@@H]1CCCO[Si](C)(C)C(C)(C)C. The Morgan fingerprint density at radius 2 is 2.10 bits per heavy atom. The van der Waals surface area contributed by atoms with Crippen molar-refractivity contribution >= 4 is 8.32 Å². The lowest BCUT2D eigenvalue weighted by atomic mass is 9.77. The maximum absolute atomic E-state index is 10.5. The van der Waals surface area contributed by atoms with E-state index in [4.69, 9.17) is 4.43 Å². The lowest BCUT2D eigenvalue weighted by molar-refractivity contribution is 0.0566. The van der Waals surface area contributed by atoms with Crippen molar-refractivity contribution in [3.05, 3.63) is 24.8 Å². The summed E-state index contributed by atoms with van der Waals surface area (Å²) in [7, 11) is -1.63. The minimum atomic E-state index is -1.63. The Labute approximate surface area is 126 Å². The predicted octanol–water partition coefficient (Wildman–Crippen LogP) is 4.67. The van der Waals surface area contributed by atoms with Gasteiger partial charge in [-0.05, 0) is 49.7 Å². The van der Waals surface area contributed by atoms with Crippen LogP contribution >= 0.6 is 0 Å². The van der Waals surface area contributed by atoms with Crippen molar-refractivity contribution in [1.82, 2.24) is 0 Å². The van der Waals surface area contributed by atoms with E-state index in [2.05, 4.69) is 46.5 Å². The Bertz CT molecular complexity index is 354. The van der Waals surface area contributed by atoms with E-state index in [9.17, 15) is 5.11 Å². The molecule has 2 atom stereocenters. The van der Waals surface area contributed by atoms with Crippen molar-refractivity contribution in [1.29, 1.82) is 0 Å². The summed E-state index contributed by atoms with van der Waals surface area (Å²) in [6, 6.07) is 0. The van der Waals surface area contributed by atoms with E-state index < -0.39 is 13.9 Å². The monoisotopic (exact) mass is 296 g/mol. The zero-order valence-electron chi connectivity index (χ0n) is 13.9. The average molecular weight is 297 g/mol. The van der Waals surface area contributed by atoms with Crippen LogP contribution in [0, 0.1) is 5.92 Å².